The molecule has 0 saturated heterocycles. The third-order valence-electron chi connectivity index (χ3n) is 1.50. The highest BCUT2D eigenvalue weighted by molar-refractivity contribution is 4.13. The third kappa shape index (κ3) is 263. The van der Waals surface area contributed by atoms with Gasteiger partial charge < -0.3 is 0 Å². The fourth-order valence-corrected chi connectivity index (χ4v) is 0. The van der Waals surface area contributed by atoms with E-state index in [-0.39, 0.29) is 7.43 Å². The lowest BCUT2D eigenvalue weighted by Gasteiger charge is -1.68. The van der Waals surface area contributed by atoms with E-state index in [2.05, 4.69) is 55.4 Å². The highest BCUT2D eigenvalue weighted by Gasteiger charge is 1.57. The zero-order chi connectivity index (χ0) is 12.9. The molecule has 0 unspecified atom stereocenters. The molecule has 0 aliphatic carbocycles. The maximum absolute atomic E-state index is 2.18. The minimum atomic E-state index is 0. The van der Waals surface area contributed by atoms with Crippen LogP contribution >= 0.6 is 0 Å². The van der Waals surface area contributed by atoms with Gasteiger partial charge in [-0.3, -0.25) is 0 Å². The van der Waals surface area contributed by atoms with Crippen molar-refractivity contribution in [1.82, 2.24) is 0 Å². The smallest absolute Gasteiger partial charge is 0.0564 e. The molecule has 16 heavy (non-hydrogen) atoms. The van der Waals surface area contributed by atoms with Crippen molar-refractivity contribution in [2.24, 2.45) is 0 Å². The van der Waals surface area contributed by atoms with Gasteiger partial charge in [0.2, 0.25) is 0 Å². The van der Waals surface area contributed by atoms with Crippen LogP contribution < -0.4 is 0 Å². The van der Waals surface area contributed by atoms with Crippen LogP contribution in [-0.2, 0) is 0 Å². The van der Waals surface area contributed by atoms with E-state index < -0.39 is 0 Å². The minimum absolute atomic E-state index is 0. The second kappa shape index (κ2) is 60.0. The van der Waals surface area contributed by atoms with Crippen molar-refractivity contribution in [1.29, 1.82) is 0 Å². The van der Waals surface area contributed by atoms with Crippen LogP contribution in [0.15, 0.2) is 0 Å². The van der Waals surface area contributed by atoms with Crippen LogP contribution in [0.25, 0.3) is 0 Å². The summed E-state index contributed by atoms with van der Waals surface area (Å²) in [5.41, 5.74) is 0. The van der Waals surface area contributed by atoms with Crippen molar-refractivity contribution in [3.8, 4) is 0 Å². The van der Waals surface area contributed by atoms with E-state index in [0.29, 0.717) is 0 Å². The van der Waals surface area contributed by atoms with Crippen molar-refractivity contribution >= 4 is 0 Å². The van der Waals surface area contributed by atoms with Gasteiger partial charge in [-0.1, -0.05) is 108 Å². The zero-order valence-electron chi connectivity index (χ0n) is 12.9. The summed E-state index contributed by atoms with van der Waals surface area (Å²) in [5, 5.41) is 0. The molecule has 0 aromatic heterocycles. The number of hydrogen-bond donors (Lipinski definition) is 0. The molecule has 0 saturated carbocycles. The summed E-state index contributed by atoms with van der Waals surface area (Å²) >= 11 is 0. The molecule has 0 aromatic carbocycles. The molecule has 0 atom stereocenters. The Morgan fingerprint density at radius 2 is 0.438 bits per heavy atom. The molecule has 0 radical (unpaired) electrons. The summed E-state index contributed by atoms with van der Waals surface area (Å²) in [6.07, 6.45) is 9.17. The van der Waals surface area contributed by atoms with E-state index in [1.54, 1.807) is 0 Å². The largest absolute Gasteiger partial charge is 0.0776 e. The van der Waals surface area contributed by atoms with Crippen LogP contribution in [0.2, 0.25) is 0 Å². The maximum Gasteiger partial charge on any atom is -0.0564 e. The molecular formula is C16H42. The van der Waals surface area contributed by atoms with E-state index in [1.165, 1.54) is 44.9 Å². The van der Waals surface area contributed by atoms with Gasteiger partial charge in [0.25, 0.3) is 0 Å². The van der Waals surface area contributed by atoms with E-state index in [9.17, 15) is 0 Å². The van der Waals surface area contributed by atoms with Crippen LogP contribution in [0, 0.1) is 0 Å². The normalized spacial score (nSPS) is 6.75. The highest BCUT2D eigenvalue weighted by atomic mass is 13.6. The standard InChI is InChI=1S/3C4H10.C3H8.CH4/c3*1-3-4-2;1-3-2;/h3*3-4H2,1-2H3;3H2,1-2H3;1H4. The number of unbranched alkanes of at least 4 members (excludes halogenated alkanes) is 3. The average molecular weight is 235 g/mol. The van der Waals surface area contributed by atoms with Crippen molar-refractivity contribution in [3.63, 3.8) is 0 Å². The van der Waals surface area contributed by atoms with Gasteiger partial charge in [-0.15, -0.1) is 0 Å². The van der Waals surface area contributed by atoms with Crippen molar-refractivity contribution in [2.75, 3.05) is 0 Å². The molecular weight excluding hydrogens is 192 g/mol. The predicted octanol–water partition coefficient (Wildman–Crippen LogP) is 7.47. The molecule has 0 heteroatoms. The van der Waals surface area contributed by atoms with Gasteiger partial charge in [0.05, 0.1) is 0 Å². The Kier molecular flexibility index (Phi) is 112. The molecule has 0 N–H and O–H groups in total. The first kappa shape index (κ1) is 29.8. The van der Waals surface area contributed by atoms with E-state index in [0.717, 1.165) is 0 Å². The van der Waals surface area contributed by atoms with Crippen LogP contribution in [0.5, 0.6) is 0 Å². The molecule has 0 aromatic rings. The van der Waals surface area contributed by atoms with Gasteiger partial charge in [0, 0.05) is 0 Å². The quantitative estimate of drug-likeness (QED) is 0.475. The second-order valence-electron chi connectivity index (χ2n) is 3.71. The molecule has 0 amide bonds. The van der Waals surface area contributed by atoms with Gasteiger partial charge in [-0.2, -0.15) is 0 Å². The van der Waals surface area contributed by atoms with Crippen molar-refractivity contribution in [2.45, 2.75) is 108 Å². The van der Waals surface area contributed by atoms with Gasteiger partial charge in [-0.05, 0) is 0 Å². The van der Waals surface area contributed by atoms with Gasteiger partial charge in [0.15, 0.2) is 0 Å². The van der Waals surface area contributed by atoms with Crippen LogP contribution in [0.4, 0.5) is 0 Å². The Balaban J connectivity index is -0.0000000331. The van der Waals surface area contributed by atoms with Gasteiger partial charge in [0.1, 0.15) is 0 Å². The number of hydrogen-bond acceptors (Lipinski definition) is 0. The SMILES string of the molecule is C.CCC.CCCC.CCCC.CCCC. The zero-order valence-corrected chi connectivity index (χ0v) is 12.9. The van der Waals surface area contributed by atoms with Gasteiger partial charge >= 0.3 is 0 Å². The molecule has 0 rings (SSSR count). The van der Waals surface area contributed by atoms with E-state index in [1.807, 2.05) is 0 Å². The average Bonchev–Trinajstić information content (AvgIpc) is 2.30. The number of rotatable bonds is 3. The fourth-order valence-electron chi connectivity index (χ4n) is 0. The first-order chi connectivity index (χ1) is 7.16. The van der Waals surface area contributed by atoms with E-state index >= 15 is 0 Å². The van der Waals surface area contributed by atoms with Crippen LogP contribution in [0.1, 0.15) is 108 Å². The third-order valence-corrected chi connectivity index (χ3v) is 1.50. The summed E-state index contributed by atoms with van der Waals surface area (Å²) in [6, 6.07) is 0. The molecule has 0 spiro atoms. The summed E-state index contributed by atoms with van der Waals surface area (Å²) in [6.45, 7) is 17.3. The Hall–Kier alpha value is 0. The monoisotopic (exact) mass is 234 g/mol. The van der Waals surface area contributed by atoms with Crippen LogP contribution in [-0.4, -0.2) is 0 Å². The Labute approximate surface area is 108 Å². The Bertz CT molecular complexity index is 23.8. The van der Waals surface area contributed by atoms with Crippen molar-refractivity contribution in [3.05, 3.63) is 0 Å². The van der Waals surface area contributed by atoms with Gasteiger partial charge in [-0.25, -0.2) is 0 Å². The molecule has 0 aliphatic rings. The summed E-state index contributed by atoms with van der Waals surface area (Å²) < 4.78 is 0. The lowest BCUT2D eigenvalue weighted by atomic mass is 10.4. The van der Waals surface area contributed by atoms with E-state index in [4.69, 9.17) is 0 Å². The molecule has 0 nitrogen and oxygen atoms in total. The van der Waals surface area contributed by atoms with Crippen LogP contribution in [0.3, 0.4) is 0 Å². The summed E-state index contributed by atoms with van der Waals surface area (Å²) in [7, 11) is 0. The highest BCUT2D eigenvalue weighted by Crippen LogP contribution is 1.77. The second-order valence-corrected chi connectivity index (χ2v) is 3.71. The topological polar surface area (TPSA) is 0 Å². The maximum atomic E-state index is 2.18. The molecule has 106 valence electrons. The first-order valence-corrected chi connectivity index (χ1v) is 7.16. The summed E-state index contributed by atoms with van der Waals surface area (Å²) in [5.74, 6) is 0. The van der Waals surface area contributed by atoms with Crippen molar-refractivity contribution < 1.29 is 0 Å². The molecule has 0 aliphatic heterocycles. The predicted molar refractivity (Wildman–Crippen MR) is 84.4 cm³/mol. The fraction of sp³-hybridized carbons (Fsp3) is 1.00. The Morgan fingerprint density at radius 1 is 0.375 bits per heavy atom. The lowest BCUT2D eigenvalue weighted by Crippen LogP contribution is -1.47. The lowest BCUT2D eigenvalue weighted by molar-refractivity contribution is 0.886. The molecule has 0 bridgehead atoms. The summed E-state index contributed by atoms with van der Waals surface area (Å²) in [4.78, 5) is 0. The molecule has 0 heterocycles. The Morgan fingerprint density at radius 3 is 0.438 bits per heavy atom. The minimum Gasteiger partial charge on any atom is -0.0776 e. The first-order valence-electron chi connectivity index (χ1n) is 7.16. The molecule has 0 fully saturated rings.